The number of Topliss-reactive ketones (excluding diaryl/α,β-unsaturated/α-hetero) is 1. The molecule has 2 aliphatic heterocycles. The Labute approximate surface area is 189 Å². The van der Waals surface area contributed by atoms with Crippen molar-refractivity contribution >= 4 is 29.1 Å². The maximum atomic E-state index is 12.6. The number of hydrogen-bond acceptors (Lipinski definition) is 5. The number of thioether (sulfide) groups is 1. The first-order valence-corrected chi connectivity index (χ1v) is 12.3. The first-order valence-electron chi connectivity index (χ1n) is 11.2. The van der Waals surface area contributed by atoms with Gasteiger partial charge in [0, 0.05) is 48.3 Å². The molecule has 2 heterocycles. The smallest absolute Gasteiger partial charge is 0.238 e. The molecule has 0 spiro atoms. The summed E-state index contributed by atoms with van der Waals surface area (Å²) in [7, 11) is 0. The van der Waals surface area contributed by atoms with Crippen LogP contribution in [0.15, 0.2) is 54.6 Å². The van der Waals surface area contributed by atoms with Crippen molar-refractivity contribution < 1.29 is 9.59 Å². The van der Waals surface area contributed by atoms with Crippen molar-refractivity contribution in [2.24, 2.45) is 5.92 Å². The lowest BCUT2D eigenvalue weighted by Crippen LogP contribution is -2.40. The highest BCUT2D eigenvalue weighted by atomic mass is 32.2. The minimum Gasteiger partial charge on any atom is -0.325 e. The third-order valence-corrected chi connectivity index (χ3v) is 7.05. The number of carbonyl (C=O) groups is 2. The fourth-order valence-corrected chi connectivity index (χ4v) is 5.34. The van der Waals surface area contributed by atoms with Gasteiger partial charge in [0.1, 0.15) is 0 Å². The van der Waals surface area contributed by atoms with Crippen molar-refractivity contribution in [1.82, 2.24) is 9.80 Å². The van der Waals surface area contributed by atoms with E-state index in [-0.39, 0.29) is 17.6 Å². The second-order valence-electron chi connectivity index (χ2n) is 8.42. The van der Waals surface area contributed by atoms with Crippen LogP contribution in [-0.4, -0.2) is 65.7 Å². The molecule has 2 saturated heterocycles. The summed E-state index contributed by atoms with van der Waals surface area (Å²) in [5.41, 5.74) is 2.90. The number of hydrogen-bond donors (Lipinski definition) is 1. The maximum absolute atomic E-state index is 12.6. The Bertz CT molecular complexity index is 875. The van der Waals surface area contributed by atoms with Gasteiger partial charge in [-0.25, -0.2) is 0 Å². The van der Waals surface area contributed by atoms with Crippen LogP contribution in [0.5, 0.6) is 0 Å². The lowest BCUT2D eigenvalue weighted by molar-refractivity contribution is -0.117. The van der Waals surface area contributed by atoms with E-state index in [0.29, 0.717) is 6.54 Å². The number of anilines is 1. The van der Waals surface area contributed by atoms with Crippen LogP contribution >= 0.6 is 11.8 Å². The van der Waals surface area contributed by atoms with E-state index in [2.05, 4.69) is 27.2 Å². The summed E-state index contributed by atoms with van der Waals surface area (Å²) in [5, 5.41) is 3.06. The maximum Gasteiger partial charge on any atom is 0.238 e. The van der Waals surface area contributed by atoms with E-state index in [0.717, 1.165) is 56.8 Å². The van der Waals surface area contributed by atoms with Gasteiger partial charge in [-0.15, -0.1) is 0 Å². The number of amides is 1. The van der Waals surface area contributed by atoms with Gasteiger partial charge in [0.05, 0.1) is 6.54 Å². The van der Waals surface area contributed by atoms with Gasteiger partial charge < -0.3 is 5.32 Å². The van der Waals surface area contributed by atoms with Crippen molar-refractivity contribution in [1.29, 1.82) is 0 Å². The Balaban J connectivity index is 1.23. The monoisotopic (exact) mass is 437 g/mol. The standard InChI is InChI=1S/C25H31N3O2S/c29-24(26-23-8-4-5-20(17-23)18-28-13-15-31-16-14-28)19-27-11-9-22(10-12-27)25(30)21-6-2-1-3-7-21/h1-8,17,22H,9-16,18-19H2,(H,26,29). The Hall–Kier alpha value is -2.15. The minimum absolute atomic E-state index is 0.0133. The first-order chi connectivity index (χ1) is 15.2. The Morgan fingerprint density at radius 1 is 0.903 bits per heavy atom. The van der Waals surface area contributed by atoms with Gasteiger partial charge >= 0.3 is 0 Å². The molecule has 2 aromatic carbocycles. The highest BCUT2D eigenvalue weighted by Crippen LogP contribution is 2.22. The van der Waals surface area contributed by atoms with E-state index < -0.39 is 0 Å². The summed E-state index contributed by atoms with van der Waals surface area (Å²) in [6.45, 7) is 5.13. The van der Waals surface area contributed by atoms with Crippen LogP contribution in [0.1, 0.15) is 28.8 Å². The second kappa shape index (κ2) is 10.9. The van der Waals surface area contributed by atoms with Crippen LogP contribution in [0.4, 0.5) is 5.69 Å². The summed E-state index contributed by atoms with van der Waals surface area (Å²) >= 11 is 2.02. The number of rotatable bonds is 7. The van der Waals surface area contributed by atoms with Crippen molar-refractivity contribution in [2.45, 2.75) is 19.4 Å². The van der Waals surface area contributed by atoms with Crippen LogP contribution in [0.2, 0.25) is 0 Å². The summed E-state index contributed by atoms with van der Waals surface area (Å²) in [5.74, 6) is 2.70. The van der Waals surface area contributed by atoms with Crippen LogP contribution in [0.3, 0.4) is 0 Å². The number of piperidine rings is 1. The summed E-state index contributed by atoms with van der Waals surface area (Å²) < 4.78 is 0. The molecule has 6 heteroatoms. The summed E-state index contributed by atoms with van der Waals surface area (Å²) in [4.78, 5) is 29.9. The van der Waals surface area contributed by atoms with Crippen LogP contribution < -0.4 is 5.32 Å². The second-order valence-corrected chi connectivity index (χ2v) is 9.64. The molecule has 2 aliphatic rings. The molecule has 2 fully saturated rings. The molecule has 1 N–H and O–H groups in total. The molecule has 0 unspecified atom stereocenters. The van der Waals surface area contributed by atoms with Gasteiger partial charge in [-0.2, -0.15) is 11.8 Å². The zero-order valence-corrected chi connectivity index (χ0v) is 18.8. The van der Waals surface area contributed by atoms with Crippen molar-refractivity contribution in [3.05, 3.63) is 65.7 Å². The number of likely N-dealkylation sites (tertiary alicyclic amines) is 1. The van der Waals surface area contributed by atoms with Crippen molar-refractivity contribution in [3.8, 4) is 0 Å². The van der Waals surface area contributed by atoms with E-state index in [4.69, 9.17) is 0 Å². The minimum atomic E-state index is 0.0133. The third-order valence-electron chi connectivity index (χ3n) is 6.10. The van der Waals surface area contributed by atoms with E-state index >= 15 is 0 Å². The fourth-order valence-electron chi connectivity index (χ4n) is 4.36. The molecular weight excluding hydrogens is 406 g/mol. The van der Waals surface area contributed by atoms with E-state index in [1.807, 2.05) is 54.2 Å². The largest absolute Gasteiger partial charge is 0.325 e. The van der Waals surface area contributed by atoms with Crippen molar-refractivity contribution in [2.75, 3.05) is 49.5 Å². The van der Waals surface area contributed by atoms with Gasteiger partial charge in [-0.1, -0.05) is 42.5 Å². The first kappa shape index (κ1) is 22.1. The van der Waals surface area contributed by atoms with Gasteiger partial charge in [-0.3, -0.25) is 19.4 Å². The summed E-state index contributed by atoms with van der Waals surface area (Å²) in [6, 6.07) is 17.7. The van der Waals surface area contributed by atoms with Gasteiger partial charge in [0.15, 0.2) is 5.78 Å². The normalized spacial score (nSPS) is 18.6. The molecular formula is C25H31N3O2S. The number of ketones is 1. The lowest BCUT2D eigenvalue weighted by atomic mass is 9.89. The average Bonchev–Trinajstić information content (AvgIpc) is 2.80. The predicted octanol–water partition coefficient (Wildman–Crippen LogP) is 3.77. The molecule has 31 heavy (non-hydrogen) atoms. The number of carbonyl (C=O) groups excluding carboxylic acids is 2. The third kappa shape index (κ3) is 6.42. The van der Waals surface area contributed by atoms with Crippen molar-refractivity contribution in [3.63, 3.8) is 0 Å². The molecule has 4 rings (SSSR count). The van der Waals surface area contributed by atoms with Crippen LogP contribution in [-0.2, 0) is 11.3 Å². The molecule has 0 aliphatic carbocycles. The fraction of sp³-hybridized carbons (Fsp3) is 0.440. The van der Waals surface area contributed by atoms with E-state index in [1.165, 1.54) is 17.1 Å². The quantitative estimate of drug-likeness (QED) is 0.669. The van der Waals surface area contributed by atoms with Gasteiger partial charge in [0.25, 0.3) is 0 Å². The molecule has 5 nitrogen and oxygen atoms in total. The zero-order valence-electron chi connectivity index (χ0n) is 18.0. The Morgan fingerprint density at radius 2 is 1.65 bits per heavy atom. The molecule has 0 saturated carbocycles. The lowest BCUT2D eigenvalue weighted by Gasteiger charge is -2.30. The molecule has 0 aromatic heterocycles. The molecule has 164 valence electrons. The van der Waals surface area contributed by atoms with Gasteiger partial charge in [0.2, 0.25) is 5.91 Å². The molecule has 0 atom stereocenters. The molecule has 2 aromatic rings. The number of nitrogens with zero attached hydrogens (tertiary/aromatic N) is 2. The van der Waals surface area contributed by atoms with E-state index in [9.17, 15) is 9.59 Å². The van der Waals surface area contributed by atoms with Crippen LogP contribution in [0.25, 0.3) is 0 Å². The molecule has 0 bridgehead atoms. The molecule has 1 amide bonds. The Morgan fingerprint density at radius 3 is 2.39 bits per heavy atom. The highest BCUT2D eigenvalue weighted by molar-refractivity contribution is 7.99. The molecule has 0 radical (unpaired) electrons. The number of nitrogens with one attached hydrogen (secondary N) is 1. The van der Waals surface area contributed by atoms with E-state index in [1.54, 1.807) is 0 Å². The SMILES string of the molecule is O=C(CN1CCC(C(=O)c2ccccc2)CC1)Nc1cccc(CN2CCSCC2)c1. The van der Waals surface area contributed by atoms with Gasteiger partial charge in [-0.05, 0) is 43.6 Å². The van der Waals surface area contributed by atoms with Crippen LogP contribution in [0, 0.1) is 5.92 Å². The predicted molar refractivity (Wildman–Crippen MR) is 128 cm³/mol. The topological polar surface area (TPSA) is 52.7 Å². The number of benzene rings is 2. The average molecular weight is 438 g/mol. The summed E-state index contributed by atoms with van der Waals surface area (Å²) in [6.07, 6.45) is 1.62. The highest BCUT2D eigenvalue weighted by Gasteiger charge is 2.26. The Kier molecular flexibility index (Phi) is 7.78. The zero-order chi connectivity index (χ0) is 21.5.